The Morgan fingerprint density at radius 3 is 0.933 bits per heavy atom. The molecule has 0 heterocycles. The third kappa shape index (κ3) is 94.3. The van der Waals surface area contributed by atoms with E-state index in [0.717, 1.165) is 7.11 Å². The van der Waals surface area contributed by atoms with Crippen LogP contribution in [0, 0.1) is 0 Å². The van der Waals surface area contributed by atoms with Gasteiger partial charge in [-0.1, -0.05) is 0 Å². The molecule has 4 nitrogen and oxygen atoms in total. The van der Waals surface area contributed by atoms with Crippen molar-refractivity contribution in [2.24, 2.45) is 0 Å². The number of hydrogen-bond acceptors (Lipinski definition) is 1. The molecule has 90 valence electrons. The number of hydrogen-bond donors (Lipinski definition) is 1. The normalized spacial score (nSPS) is 6.13. The summed E-state index contributed by atoms with van der Waals surface area (Å²) in [6, 6.07) is 0. The second-order valence-corrected chi connectivity index (χ2v) is 5.06. The smallest absolute Gasteiger partial charge is 0.0319 e. The van der Waals surface area contributed by atoms with Crippen molar-refractivity contribution in [3.8, 4) is 0 Å². The molecule has 0 aliphatic carbocycles. The summed E-state index contributed by atoms with van der Waals surface area (Å²) in [6.07, 6.45) is 5.59. The van der Waals surface area contributed by atoms with Gasteiger partial charge in [-0.05, 0) is 0 Å². The first-order chi connectivity index (χ1) is 5.83. The van der Waals surface area contributed by atoms with Crippen molar-refractivity contribution in [1.82, 2.24) is 0 Å². The van der Waals surface area contributed by atoms with Crippen molar-refractivity contribution in [3.63, 3.8) is 0 Å². The van der Waals surface area contributed by atoms with Gasteiger partial charge in [0.05, 0.1) is 0 Å². The summed E-state index contributed by atoms with van der Waals surface area (Å²) >= 11 is 3.37. The Hall–Kier alpha value is 1.44. The minimum atomic E-state index is 0. The van der Waals surface area contributed by atoms with Crippen LogP contribution in [0.25, 0.3) is 0 Å². The predicted molar refractivity (Wildman–Crippen MR) is 61.1 cm³/mol. The maximum Gasteiger partial charge on any atom is 0.0319 e. The standard InChI is InChI=1S/2C4H9.CH4O.3O.2Sn/c2*1-3-4-2;1-2;;;;;/h2*1,3-4H2,2H3;2H,1H3;;;;;/q;;;3*-2;2*+3. The molecular weight excluding hydrogens is 410 g/mol. The average Bonchev–Trinajstić information content (AvgIpc) is 2.12. The number of aliphatic hydroxyl groups is 1. The van der Waals surface area contributed by atoms with Crippen molar-refractivity contribution >= 4 is 45.0 Å². The van der Waals surface area contributed by atoms with Gasteiger partial charge in [0.15, 0.2) is 0 Å². The molecule has 0 aromatic carbocycles. The first-order valence-electron chi connectivity index (χ1n) is 4.57. The maximum atomic E-state index is 7.00. The van der Waals surface area contributed by atoms with Gasteiger partial charge in [-0.25, -0.2) is 0 Å². The van der Waals surface area contributed by atoms with Gasteiger partial charge in [-0.2, -0.15) is 0 Å². The molecule has 0 bridgehead atoms. The van der Waals surface area contributed by atoms with Gasteiger partial charge in [-0.15, -0.1) is 0 Å². The minimum absolute atomic E-state index is 0. The van der Waals surface area contributed by atoms with Crippen LogP contribution in [-0.2, 0) is 16.4 Å². The molecule has 1 N–H and O–H groups in total. The second kappa shape index (κ2) is 58.2. The molecule has 0 atom stereocenters. The zero-order chi connectivity index (χ0) is 10.2. The molecule has 0 rings (SSSR count). The Bertz CT molecular complexity index is 41.1. The fraction of sp³-hybridized carbons (Fsp3) is 1.00. The van der Waals surface area contributed by atoms with E-state index in [4.69, 9.17) is 5.11 Å². The van der Waals surface area contributed by atoms with Crippen molar-refractivity contribution in [2.45, 2.75) is 48.4 Å². The summed E-state index contributed by atoms with van der Waals surface area (Å²) in [5.74, 6) is 0. The molecule has 0 saturated heterocycles. The van der Waals surface area contributed by atoms with E-state index in [1.54, 1.807) is 45.0 Å². The van der Waals surface area contributed by atoms with E-state index in [-0.39, 0.29) is 16.4 Å². The molecule has 0 spiro atoms. The Labute approximate surface area is 121 Å². The first kappa shape index (κ1) is 36.0. The van der Waals surface area contributed by atoms with E-state index in [0.29, 0.717) is 0 Å². The van der Waals surface area contributed by atoms with Crippen LogP contribution in [0.2, 0.25) is 8.87 Å². The Morgan fingerprint density at radius 1 is 0.733 bits per heavy atom. The zero-order valence-corrected chi connectivity index (χ0v) is 15.6. The molecule has 0 aliphatic heterocycles. The van der Waals surface area contributed by atoms with Crippen LogP contribution < -0.4 is 0 Å². The van der Waals surface area contributed by atoms with E-state index >= 15 is 0 Å². The van der Waals surface area contributed by atoms with E-state index in [1.807, 2.05) is 0 Å². The molecule has 0 aromatic heterocycles. The van der Waals surface area contributed by atoms with Crippen molar-refractivity contribution in [2.75, 3.05) is 7.11 Å². The van der Waals surface area contributed by atoms with Crippen LogP contribution in [0.4, 0.5) is 0 Å². The van der Waals surface area contributed by atoms with Gasteiger partial charge in [0, 0.05) is 7.11 Å². The Kier molecular flexibility index (Phi) is 139. The third-order valence-corrected chi connectivity index (χ3v) is 3.08. The van der Waals surface area contributed by atoms with E-state index in [9.17, 15) is 0 Å². The largest absolute Gasteiger partial charge is 2.00 e. The number of rotatable bonds is 4. The van der Waals surface area contributed by atoms with E-state index in [1.165, 1.54) is 34.6 Å². The molecule has 6 heteroatoms. The molecule has 0 aliphatic rings. The van der Waals surface area contributed by atoms with Crippen LogP contribution >= 0.6 is 0 Å². The van der Waals surface area contributed by atoms with Gasteiger partial charge in [0.25, 0.3) is 0 Å². The predicted octanol–water partition coefficient (Wildman–Crippen LogP) is 2.00. The van der Waals surface area contributed by atoms with Gasteiger partial charge >= 0.3 is 93.5 Å². The average molecular weight is 432 g/mol. The van der Waals surface area contributed by atoms with E-state index in [2.05, 4.69) is 13.8 Å². The molecule has 0 amide bonds. The van der Waals surface area contributed by atoms with Crippen LogP contribution in [0.1, 0.15) is 39.5 Å². The summed E-state index contributed by atoms with van der Waals surface area (Å²) in [5.41, 5.74) is 0. The van der Waals surface area contributed by atoms with E-state index < -0.39 is 0 Å². The maximum absolute atomic E-state index is 7.00. The molecule has 15 heavy (non-hydrogen) atoms. The fourth-order valence-corrected chi connectivity index (χ4v) is 2.37. The molecule has 0 saturated carbocycles. The SMILES string of the molecule is CCC[CH2][Sn+3].CCC[CH2][Sn+3].CO.[O-2].[O-2].[O-2]. The third-order valence-electron chi connectivity index (χ3n) is 1.06. The molecule has 0 radical (unpaired) electrons. The Morgan fingerprint density at radius 2 is 0.933 bits per heavy atom. The van der Waals surface area contributed by atoms with Gasteiger partial charge < -0.3 is 21.5 Å². The van der Waals surface area contributed by atoms with Crippen molar-refractivity contribution < 1.29 is 21.5 Å². The van der Waals surface area contributed by atoms with Gasteiger partial charge in [0.1, 0.15) is 0 Å². The van der Waals surface area contributed by atoms with Crippen LogP contribution in [-0.4, -0.2) is 57.3 Å². The van der Waals surface area contributed by atoms with Crippen molar-refractivity contribution in [3.05, 3.63) is 0 Å². The summed E-state index contributed by atoms with van der Waals surface area (Å²) < 4.78 is 2.87. The molecular formula is C9H22O4Sn2. The molecule has 0 fully saturated rings. The monoisotopic (exact) mass is 434 g/mol. The fourth-order valence-electron chi connectivity index (χ4n) is 0.354. The number of aliphatic hydroxyl groups excluding tert-OH is 1. The summed E-state index contributed by atoms with van der Waals surface area (Å²) in [7, 11) is 1.00. The van der Waals surface area contributed by atoms with Gasteiger partial charge in [-0.3, -0.25) is 0 Å². The minimum Gasteiger partial charge on any atom is -2.00 e. The quantitative estimate of drug-likeness (QED) is 0.675. The van der Waals surface area contributed by atoms with Crippen LogP contribution in [0.5, 0.6) is 0 Å². The second-order valence-electron chi connectivity index (χ2n) is 2.21. The molecule has 0 aromatic rings. The zero-order valence-electron chi connectivity index (χ0n) is 9.91. The van der Waals surface area contributed by atoms with Crippen LogP contribution in [0.3, 0.4) is 0 Å². The number of unbranched alkanes of at least 4 members (excludes halogenated alkanes) is 2. The Balaban J connectivity index is -0.0000000197. The molecule has 0 unspecified atom stereocenters. The van der Waals surface area contributed by atoms with Crippen LogP contribution in [0.15, 0.2) is 0 Å². The van der Waals surface area contributed by atoms with Crippen molar-refractivity contribution in [1.29, 1.82) is 0 Å². The summed E-state index contributed by atoms with van der Waals surface area (Å²) in [6.45, 7) is 4.45. The topological polar surface area (TPSA) is 106 Å². The van der Waals surface area contributed by atoms with Gasteiger partial charge in [0.2, 0.25) is 0 Å². The first-order valence-corrected chi connectivity index (χ1v) is 8.60. The summed E-state index contributed by atoms with van der Waals surface area (Å²) in [4.78, 5) is 0. The summed E-state index contributed by atoms with van der Waals surface area (Å²) in [5, 5.41) is 7.00.